The zero-order valence-corrected chi connectivity index (χ0v) is 15.4. The maximum atomic E-state index is 12.2. The molecule has 144 valence electrons. The molecule has 2 aromatic heterocycles. The average molecular weight is 400 g/mol. The number of carbonyl (C=O) groups excluding carboxylic acids is 1. The van der Waals surface area contributed by atoms with Crippen molar-refractivity contribution in [2.24, 2.45) is 0 Å². The molecule has 2 heterocycles. The number of rotatable bonds is 7. The van der Waals surface area contributed by atoms with Crippen molar-refractivity contribution in [3.05, 3.63) is 60.2 Å². The number of pyridine rings is 1. The minimum Gasteiger partial charge on any atom is -0.452 e. The van der Waals surface area contributed by atoms with E-state index in [0.29, 0.717) is 11.4 Å². The first-order valence-corrected chi connectivity index (χ1v) is 10.0. The van der Waals surface area contributed by atoms with Crippen LogP contribution in [0.15, 0.2) is 58.2 Å². The van der Waals surface area contributed by atoms with Gasteiger partial charge >= 0.3 is 5.97 Å². The maximum absolute atomic E-state index is 12.2. The Labute approximate surface area is 160 Å². The van der Waals surface area contributed by atoms with Crippen LogP contribution in [0.3, 0.4) is 0 Å². The van der Waals surface area contributed by atoms with Crippen molar-refractivity contribution in [1.82, 2.24) is 19.8 Å². The van der Waals surface area contributed by atoms with Crippen LogP contribution in [-0.2, 0) is 21.4 Å². The number of carbonyl (C=O) groups is 1. The highest BCUT2D eigenvalue weighted by molar-refractivity contribution is 7.89. The molecule has 28 heavy (non-hydrogen) atoms. The van der Waals surface area contributed by atoms with E-state index in [2.05, 4.69) is 19.8 Å². The van der Waals surface area contributed by atoms with Crippen LogP contribution < -0.4 is 4.72 Å². The highest BCUT2D eigenvalue weighted by Crippen LogP contribution is 2.22. The number of esters is 1. The molecule has 0 spiro atoms. The van der Waals surface area contributed by atoms with Crippen LogP contribution in [0.4, 0.5) is 0 Å². The Morgan fingerprint density at radius 1 is 1.21 bits per heavy atom. The molecule has 0 radical (unpaired) electrons. The van der Waals surface area contributed by atoms with Gasteiger partial charge in [-0.3, -0.25) is 4.98 Å². The molecule has 4 rings (SSSR count). The number of aromatic nitrogens is 3. The predicted molar refractivity (Wildman–Crippen MR) is 96.4 cm³/mol. The largest absolute Gasteiger partial charge is 0.452 e. The Morgan fingerprint density at radius 3 is 2.68 bits per heavy atom. The summed E-state index contributed by atoms with van der Waals surface area (Å²) in [6.45, 7) is -0.199. The Bertz CT molecular complexity index is 1080. The van der Waals surface area contributed by atoms with E-state index in [1.54, 1.807) is 24.5 Å². The molecule has 3 aromatic rings. The molecule has 0 saturated heterocycles. The fourth-order valence-corrected chi connectivity index (χ4v) is 3.70. The number of hydrogen-bond acceptors (Lipinski definition) is 8. The van der Waals surface area contributed by atoms with Crippen LogP contribution in [0, 0.1) is 0 Å². The molecule has 1 aliphatic carbocycles. The van der Waals surface area contributed by atoms with E-state index in [1.165, 1.54) is 24.3 Å². The van der Waals surface area contributed by atoms with Crippen molar-refractivity contribution in [2.75, 3.05) is 0 Å². The molecule has 1 saturated carbocycles. The summed E-state index contributed by atoms with van der Waals surface area (Å²) in [6, 6.07) is 9.08. The minimum atomic E-state index is -3.56. The lowest BCUT2D eigenvalue weighted by molar-refractivity contribution is 0.0429. The van der Waals surface area contributed by atoms with Gasteiger partial charge in [-0.15, -0.1) is 0 Å². The Balaban J connectivity index is 1.37. The molecular weight excluding hydrogens is 384 g/mol. The highest BCUT2D eigenvalue weighted by Gasteiger charge is 2.28. The summed E-state index contributed by atoms with van der Waals surface area (Å²) in [5.74, 6) is -0.142. The van der Waals surface area contributed by atoms with Gasteiger partial charge in [-0.2, -0.15) is 4.98 Å². The third-order valence-electron chi connectivity index (χ3n) is 4.01. The molecule has 1 N–H and O–H groups in total. The van der Waals surface area contributed by atoms with Gasteiger partial charge in [-0.25, -0.2) is 17.9 Å². The van der Waals surface area contributed by atoms with Gasteiger partial charge in [0, 0.05) is 24.0 Å². The van der Waals surface area contributed by atoms with E-state index in [1.807, 2.05) is 0 Å². The molecule has 10 heteroatoms. The van der Waals surface area contributed by atoms with Crippen molar-refractivity contribution < 1.29 is 22.5 Å². The van der Waals surface area contributed by atoms with Crippen LogP contribution in [0.5, 0.6) is 0 Å². The number of nitrogens with one attached hydrogen (secondary N) is 1. The topological polar surface area (TPSA) is 124 Å². The zero-order valence-electron chi connectivity index (χ0n) is 14.6. The summed E-state index contributed by atoms with van der Waals surface area (Å²) in [5, 5.41) is 3.81. The summed E-state index contributed by atoms with van der Waals surface area (Å²) in [7, 11) is -3.56. The van der Waals surface area contributed by atoms with E-state index < -0.39 is 16.0 Å². The molecule has 1 aromatic carbocycles. The first-order chi connectivity index (χ1) is 13.5. The van der Waals surface area contributed by atoms with Crippen LogP contribution >= 0.6 is 0 Å². The lowest BCUT2D eigenvalue weighted by atomic mass is 10.2. The highest BCUT2D eigenvalue weighted by atomic mass is 32.2. The fourth-order valence-electron chi connectivity index (χ4n) is 2.40. The molecule has 0 aliphatic heterocycles. The predicted octanol–water partition coefficient (Wildman–Crippen LogP) is 1.93. The van der Waals surface area contributed by atoms with E-state index in [4.69, 9.17) is 9.26 Å². The third kappa shape index (κ3) is 4.24. The number of ether oxygens (including phenoxy) is 1. The Morgan fingerprint density at radius 2 is 2.00 bits per heavy atom. The maximum Gasteiger partial charge on any atom is 0.338 e. The monoisotopic (exact) mass is 400 g/mol. The van der Waals surface area contributed by atoms with Crippen molar-refractivity contribution in [3.8, 4) is 11.4 Å². The first kappa shape index (κ1) is 18.3. The minimum absolute atomic E-state index is 0.0144. The second-order valence-corrected chi connectivity index (χ2v) is 7.96. The van der Waals surface area contributed by atoms with Gasteiger partial charge in [-0.1, -0.05) is 5.16 Å². The lowest BCUT2D eigenvalue weighted by Crippen LogP contribution is -2.25. The molecule has 0 bridgehead atoms. The number of sulfonamides is 1. The average Bonchev–Trinajstić information content (AvgIpc) is 3.39. The van der Waals surface area contributed by atoms with Crippen molar-refractivity contribution in [1.29, 1.82) is 0 Å². The van der Waals surface area contributed by atoms with Gasteiger partial charge in [0.05, 0.1) is 10.5 Å². The SMILES string of the molecule is O=C(OCc1nc(-c2cccnc2)no1)c1ccc(S(=O)(=O)NC2CC2)cc1. The molecule has 0 unspecified atom stereocenters. The smallest absolute Gasteiger partial charge is 0.338 e. The van der Waals surface area contributed by atoms with Gasteiger partial charge in [0.15, 0.2) is 6.61 Å². The summed E-state index contributed by atoms with van der Waals surface area (Å²) < 4.78 is 37.1. The number of benzene rings is 1. The van der Waals surface area contributed by atoms with Crippen molar-refractivity contribution >= 4 is 16.0 Å². The third-order valence-corrected chi connectivity index (χ3v) is 5.55. The van der Waals surface area contributed by atoms with Crippen LogP contribution in [0.2, 0.25) is 0 Å². The Kier molecular flexibility index (Phi) is 4.88. The fraction of sp³-hybridized carbons (Fsp3) is 0.222. The summed E-state index contributed by atoms with van der Waals surface area (Å²) in [5.41, 5.74) is 0.901. The molecular formula is C18H16N4O5S. The van der Waals surface area contributed by atoms with Gasteiger partial charge in [0.1, 0.15) is 0 Å². The summed E-state index contributed by atoms with van der Waals surface area (Å²) >= 11 is 0. The molecule has 0 atom stereocenters. The van der Waals surface area contributed by atoms with Gasteiger partial charge in [0.25, 0.3) is 5.89 Å². The normalized spacial score (nSPS) is 14.0. The van der Waals surface area contributed by atoms with Crippen molar-refractivity contribution in [3.63, 3.8) is 0 Å². The summed E-state index contributed by atoms with van der Waals surface area (Å²) in [4.78, 5) is 20.4. The quantitative estimate of drug-likeness (QED) is 0.597. The van der Waals surface area contributed by atoms with E-state index in [9.17, 15) is 13.2 Å². The number of nitrogens with zero attached hydrogens (tertiary/aromatic N) is 3. The molecule has 1 fully saturated rings. The lowest BCUT2D eigenvalue weighted by Gasteiger charge is -2.06. The van der Waals surface area contributed by atoms with E-state index in [0.717, 1.165) is 12.8 Å². The molecule has 1 aliphatic rings. The molecule has 0 amide bonds. The zero-order chi connectivity index (χ0) is 19.6. The molecule has 9 nitrogen and oxygen atoms in total. The van der Waals surface area contributed by atoms with E-state index >= 15 is 0 Å². The second-order valence-electron chi connectivity index (χ2n) is 6.25. The van der Waals surface area contributed by atoms with Gasteiger partial charge in [-0.05, 0) is 49.2 Å². The van der Waals surface area contributed by atoms with Crippen LogP contribution in [-0.4, -0.2) is 35.6 Å². The van der Waals surface area contributed by atoms with Crippen LogP contribution in [0.25, 0.3) is 11.4 Å². The van der Waals surface area contributed by atoms with Crippen LogP contribution in [0.1, 0.15) is 29.1 Å². The summed E-state index contributed by atoms with van der Waals surface area (Å²) in [6.07, 6.45) is 4.92. The van der Waals surface area contributed by atoms with Gasteiger partial charge < -0.3 is 9.26 Å². The van der Waals surface area contributed by atoms with E-state index in [-0.39, 0.29) is 29.0 Å². The Hall–Kier alpha value is -3.11. The first-order valence-electron chi connectivity index (χ1n) is 8.54. The second kappa shape index (κ2) is 7.49. The number of hydrogen-bond donors (Lipinski definition) is 1. The van der Waals surface area contributed by atoms with Gasteiger partial charge in [0.2, 0.25) is 15.8 Å². The van der Waals surface area contributed by atoms with Crippen molar-refractivity contribution in [2.45, 2.75) is 30.4 Å². The standard InChI is InChI=1S/C18H16N4O5S/c23-18(12-3-7-15(8-4-12)28(24,25)22-14-5-6-14)26-11-16-20-17(21-27-16)13-2-1-9-19-10-13/h1-4,7-10,14,22H,5-6,11H2.